The van der Waals surface area contributed by atoms with E-state index in [1.54, 1.807) is 14.2 Å². The number of halogens is 3. The van der Waals surface area contributed by atoms with Crippen LogP contribution in [0.1, 0.15) is 37.7 Å². The number of amides is 1. The molecular weight excluding hydrogens is 553 g/mol. The van der Waals surface area contributed by atoms with Gasteiger partial charge in [0.05, 0.1) is 38.8 Å². The van der Waals surface area contributed by atoms with Gasteiger partial charge in [-0.3, -0.25) is 4.79 Å². The van der Waals surface area contributed by atoms with Crippen LogP contribution in [-0.2, 0) is 24.0 Å². The number of anilines is 2. The summed E-state index contributed by atoms with van der Waals surface area (Å²) in [4.78, 5) is 35.4. The van der Waals surface area contributed by atoms with Crippen molar-refractivity contribution >= 4 is 23.4 Å². The van der Waals surface area contributed by atoms with Crippen molar-refractivity contribution in [3.8, 4) is 11.5 Å². The number of esters is 1. The minimum atomic E-state index is -4.73. The van der Waals surface area contributed by atoms with Crippen LogP contribution >= 0.6 is 0 Å². The van der Waals surface area contributed by atoms with Crippen molar-refractivity contribution < 1.29 is 37.0 Å². The molecule has 0 unspecified atom stereocenters. The molecule has 0 spiro atoms. The molecule has 1 N–H and O–H groups in total. The number of aromatic nitrogens is 2. The van der Waals surface area contributed by atoms with Gasteiger partial charge < -0.3 is 24.4 Å². The van der Waals surface area contributed by atoms with Gasteiger partial charge in [-0.25, -0.2) is 14.8 Å². The average molecular weight is 581 g/mol. The summed E-state index contributed by atoms with van der Waals surface area (Å²) in [5.41, 5.74) is 0.0632. The smallest absolute Gasteiger partial charge is 0.433 e. The lowest BCUT2D eigenvalue weighted by Crippen LogP contribution is -2.24. The molecular formula is C30H27F3N4O5. The summed E-state index contributed by atoms with van der Waals surface area (Å²) in [5.74, 6) is 0.0509. The minimum absolute atomic E-state index is 0.0442. The van der Waals surface area contributed by atoms with Crippen LogP contribution < -0.4 is 19.7 Å². The molecule has 12 heteroatoms. The van der Waals surface area contributed by atoms with E-state index in [-0.39, 0.29) is 11.3 Å². The van der Waals surface area contributed by atoms with Crippen molar-refractivity contribution in [1.82, 2.24) is 9.97 Å². The molecule has 2 heterocycles. The second-order valence-corrected chi connectivity index (χ2v) is 8.99. The van der Waals surface area contributed by atoms with Crippen LogP contribution in [0.15, 0.2) is 79.0 Å². The summed E-state index contributed by atoms with van der Waals surface area (Å²) in [7, 11) is 4.33. The minimum Gasteiger partial charge on any atom is -0.497 e. The Labute approximate surface area is 239 Å². The number of carbonyl (C=O) groups is 2. The van der Waals surface area contributed by atoms with Crippen molar-refractivity contribution in [2.75, 3.05) is 31.5 Å². The van der Waals surface area contributed by atoms with Crippen LogP contribution in [0, 0.1) is 0 Å². The Morgan fingerprint density at radius 3 is 1.93 bits per heavy atom. The quantitative estimate of drug-likeness (QED) is 0.236. The number of nitrogens with zero attached hydrogens (tertiary/aromatic N) is 3. The summed E-state index contributed by atoms with van der Waals surface area (Å²) < 4.78 is 54.7. The van der Waals surface area contributed by atoms with Crippen LogP contribution in [0.4, 0.5) is 24.7 Å². The predicted octanol–water partition coefficient (Wildman–Crippen LogP) is 5.76. The molecule has 0 radical (unpaired) electrons. The molecule has 2 aromatic carbocycles. The first-order chi connectivity index (χ1) is 20.1. The van der Waals surface area contributed by atoms with Gasteiger partial charge in [0.25, 0.3) is 5.91 Å². The third-order valence-electron chi connectivity index (χ3n) is 6.20. The maximum absolute atomic E-state index is 13.1. The maximum Gasteiger partial charge on any atom is 0.433 e. The van der Waals surface area contributed by atoms with Gasteiger partial charge in [-0.15, -0.1) is 0 Å². The molecule has 4 aromatic rings. The lowest BCUT2D eigenvalue weighted by atomic mass is 10.1. The lowest BCUT2D eigenvalue weighted by molar-refractivity contribution is -0.141. The van der Waals surface area contributed by atoms with Crippen molar-refractivity contribution in [3.05, 3.63) is 107 Å². The van der Waals surface area contributed by atoms with Gasteiger partial charge in [0, 0.05) is 13.1 Å². The van der Waals surface area contributed by atoms with Gasteiger partial charge in [0.1, 0.15) is 28.7 Å². The van der Waals surface area contributed by atoms with Crippen molar-refractivity contribution in [3.63, 3.8) is 0 Å². The lowest BCUT2D eigenvalue weighted by Gasteiger charge is -2.25. The third kappa shape index (κ3) is 7.33. The maximum atomic E-state index is 13.1. The SMILES string of the molecule is COC(=O)c1cc(N(Cc2ccc(OC)cc2)Cc2ccc(OC)cc2)ncc1NC(=O)c1cccc(C(F)(F)F)n1. The fourth-order valence-corrected chi connectivity index (χ4v) is 4.02. The molecule has 0 aliphatic heterocycles. The van der Waals surface area contributed by atoms with E-state index in [2.05, 4.69) is 15.3 Å². The Morgan fingerprint density at radius 1 is 0.857 bits per heavy atom. The number of methoxy groups -OCH3 is 3. The first-order valence-corrected chi connectivity index (χ1v) is 12.6. The Morgan fingerprint density at radius 2 is 1.43 bits per heavy atom. The number of rotatable bonds is 10. The fraction of sp³-hybridized carbons (Fsp3) is 0.200. The molecule has 1 amide bonds. The third-order valence-corrected chi connectivity index (χ3v) is 6.20. The molecule has 0 saturated carbocycles. The highest BCUT2D eigenvalue weighted by molar-refractivity contribution is 6.07. The standard InChI is InChI=1S/C30H27F3N4O5/c1-40-21-11-7-19(8-12-21)17-37(18-20-9-13-22(41-2)14-10-20)27-15-23(29(39)42-3)25(16-34-27)36-28(38)24-5-4-6-26(35-24)30(31,32)33/h4-16H,17-18H2,1-3H3,(H,36,38). The molecule has 0 aliphatic carbocycles. The van der Waals surface area contributed by atoms with Gasteiger partial charge in [-0.05, 0) is 53.6 Å². The fourth-order valence-electron chi connectivity index (χ4n) is 4.02. The first-order valence-electron chi connectivity index (χ1n) is 12.6. The summed E-state index contributed by atoms with van der Waals surface area (Å²) in [6.45, 7) is 0.785. The highest BCUT2D eigenvalue weighted by Gasteiger charge is 2.33. The van der Waals surface area contributed by atoms with E-state index < -0.39 is 29.4 Å². The van der Waals surface area contributed by atoms with E-state index in [0.29, 0.717) is 30.4 Å². The summed E-state index contributed by atoms with van der Waals surface area (Å²) in [6.07, 6.45) is -3.48. The molecule has 0 atom stereocenters. The van der Waals surface area contributed by atoms with E-state index >= 15 is 0 Å². The monoisotopic (exact) mass is 580 g/mol. The molecule has 2 aromatic heterocycles. The summed E-state index contributed by atoms with van der Waals surface area (Å²) in [5, 5.41) is 2.43. The Bertz CT molecular complexity index is 1490. The first kappa shape index (κ1) is 29.8. The number of hydrogen-bond acceptors (Lipinski definition) is 8. The van der Waals surface area contributed by atoms with Crippen LogP contribution in [-0.4, -0.2) is 43.2 Å². The van der Waals surface area contributed by atoms with Crippen molar-refractivity contribution in [2.24, 2.45) is 0 Å². The molecule has 4 rings (SSSR count). The molecule has 0 bridgehead atoms. The van der Waals surface area contributed by atoms with Crippen LogP contribution in [0.5, 0.6) is 11.5 Å². The Balaban J connectivity index is 1.68. The number of hydrogen-bond donors (Lipinski definition) is 1. The van der Waals surface area contributed by atoms with E-state index in [0.717, 1.165) is 29.3 Å². The van der Waals surface area contributed by atoms with Crippen molar-refractivity contribution in [1.29, 1.82) is 0 Å². The van der Waals surface area contributed by atoms with Gasteiger partial charge in [-0.1, -0.05) is 30.3 Å². The molecule has 0 saturated heterocycles. The topological polar surface area (TPSA) is 103 Å². The molecule has 218 valence electrons. The zero-order valence-corrected chi connectivity index (χ0v) is 22.9. The number of alkyl halides is 3. The van der Waals surface area contributed by atoms with E-state index in [9.17, 15) is 22.8 Å². The van der Waals surface area contributed by atoms with Crippen LogP contribution in [0.2, 0.25) is 0 Å². The van der Waals surface area contributed by atoms with Crippen LogP contribution in [0.3, 0.4) is 0 Å². The number of nitrogens with one attached hydrogen (secondary N) is 1. The van der Waals surface area contributed by atoms with E-state index in [1.165, 1.54) is 19.4 Å². The summed E-state index contributed by atoms with van der Waals surface area (Å²) >= 11 is 0. The zero-order valence-electron chi connectivity index (χ0n) is 22.9. The molecule has 9 nitrogen and oxygen atoms in total. The summed E-state index contributed by atoms with van der Waals surface area (Å²) in [6, 6.07) is 19.3. The number of pyridine rings is 2. The van der Waals surface area contributed by atoms with Gasteiger partial charge >= 0.3 is 12.1 Å². The Kier molecular flexibility index (Phi) is 9.25. The normalized spacial score (nSPS) is 11.0. The number of benzene rings is 2. The largest absolute Gasteiger partial charge is 0.497 e. The highest BCUT2D eigenvalue weighted by atomic mass is 19.4. The second-order valence-electron chi connectivity index (χ2n) is 8.99. The zero-order chi connectivity index (χ0) is 30.3. The molecule has 0 aliphatic rings. The van der Waals surface area contributed by atoms with E-state index in [4.69, 9.17) is 14.2 Å². The molecule has 42 heavy (non-hydrogen) atoms. The van der Waals surface area contributed by atoms with Gasteiger partial charge in [0.2, 0.25) is 0 Å². The predicted molar refractivity (Wildman–Crippen MR) is 149 cm³/mol. The van der Waals surface area contributed by atoms with Gasteiger partial charge in [0.15, 0.2) is 0 Å². The number of carbonyl (C=O) groups excluding carboxylic acids is 2. The average Bonchev–Trinajstić information content (AvgIpc) is 3.01. The highest BCUT2D eigenvalue weighted by Crippen LogP contribution is 2.29. The van der Waals surface area contributed by atoms with Crippen molar-refractivity contribution in [2.45, 2.75) is 19.3 Å². The second kappa shape index (κ2) is 13.0. The molecule has 0 fully saturated rings. The number of ether oxygens (including phenoxy) is 3. The van der Waals surface area contributed by atoms with Gasteiger partial charge in [-0.2, -0.15) is 13.2 Å². The van der Waals surface area contributed by atoms with E-state index in [1.807, 2.05) is 53.4 Å². The van der Waals surface area contributed by atoms with Crippen LogP contribution in [0.25, 0.3) is 0 Å². The Hall–Kier alpha value is -5.13.